The van der Waals surface area contributed by atoms with Crippen molar-refractivity contribution in [1.82, 2.24) is 0 Å². The van der Waals surface area contributed by atoms with Gasteiger partial charge in [0, 0.05) is 0 Å². The summed E-state index contributed by atoms with van der Waals surface area (Å²) in [7, 11) is 0. The molecular weight excluding hydrogens is 293 g/mol. The number of carbonyl (C=O) groups excluding carboxylic acids is 1. The molecule has 0 saturated heterocycles. The molecule has 0 spiro atoms. The van der Waals surface area contributed by atoms with Crippen LogP contribution in [-0.2, 0) is 14.6 Å². The van der Waals surface area contributed by atoms with Crippen molar-refractivity contribution < 1.29 is 28.1 Å². The molecule has 0 radical (unpaired) electrons. The molecule has 0 aliphatic carbocycles. The number of alkyl halides is 4. The molecule has 4 nitrogen and oxygen atoms in total. The van der Waals surface area contributed by atoms with Gasteiger partial charge in [0.2, 0.25) is 4.84 Å². The third-order valence-corrected chi connectivity index (χ3v) is 2.11. The Morgan fingerprint density at radius 2 is 1.89 bits per heavy atom. The number of carbonyl (C=O) groups is 1. The Morgan fingerprint density at radius 1 is 1.28 bits per heavy atom. The van der Waals surface area contributed by atoms with E-state index in [-0.39, 0.29) is 0 Å². The summed E-state index contributed by atoms with van der Waals surface area (Å²) in [5, 5.41) is 0. The van der Waals surface area contributed by atoms with Crippen molar-refractivity contribution in [2.24, 2.45) is 0 Å². The normalized spacial score (nSPS) is 11.4. The van der Waals surface area contributed by atoms with Crippen molar-refractivity contribution in [1.29, 1.82) is 0 Å². The maximum absolute atomic E-state index is 12.7. The lowest BCUT2D eigenvalue weighted by Gasteiger charge is -2.15. The number of para-hydroxylation sites is 1. The lowest BCUT2D eigenvalue weighted by molar-refractivity contribution is -0.408. The van der Waals surface area contributed by atoms with E-state index in [1.165, 1.54) is 0 Å². The summed E-state index contributed by atoms with van der Waals surface area (Å²) in [5.74, 6) is -0.763. The Balaban J connectivity index is 2.31. The Bertz CT molecular complexity index is 387. The first kappa shape index (κ1) is 14.9. The van der Waals surface area contributed by atoms with Crippen molar-refractivity contribution in [2.45, 2.75) is 10.9 Å². The van der Waals surface area contributed by atoms with Gasteiger partial charge in [0.25, 0.3) is 0 Å². The molecule has 0 aromatic heterocycles. The molecule has 1 rings (SSSR count). The van der Waals surface area contributed by atoms with E-state index in [0.717, 1.165) is 0 Å². The van der Waals surface area contributed by atoms with E-state index >= 15 is 0 Å². The molecule has 100 valence electrons. The standard InChI is InChI=1S/C10H8Cl2F2O4/c11-9(12)10(13,14)18-17-8(15)6-16-7-4-2-1-3-5-7/h1-5,9H,6H2. The van der Waals surface area contributed by atoms with E-state index in [9.17, 15) is 13.6 Å². The molecule has 0 N–H and O–H groups in total. The number of ether oxygens (including phenoxy) is 1. The van der Waals surface area contributed by atoms with Crippen LogP contribution in [0.1, 0.15) is 0 Å². The van der Waals surface area contributed by atoms with Gasteiger partial charge in [-0.15, -0.1) is 4.89 Å². The first-order valence-electron chi connectivity index (χ1n) is 4.64. The number of benzene rings is 1. The smallest absolute Gasteiger partial charge is 0.420 e. The summed E-state index contributed by atoms with van der Waals surface area (Å²) in [5.41, 5.74) is 0. The van der Waals surface area contributed by atoms with Gasteiger partial charge in [-0.25, -0.2) is 4.79 Å². The highest BCUT2D eigenvalue weighted by Gasteiger charge is 2.41. The van der Waals surface area contributed by atoms with Crippen LogP contribution < -0.4 is 4.74 Å². The van der Waals surface area contributed by atoms with Crippen LogP contribution in [0.5, 0.6) is 5.75 Å². The molecule has 0 heterocycles. The van der Waals surface area contributed by atoms with Crippen LogP contribution in [0.25, 0.3) is 0 Å². The maximum atomic E-state index is 12.7. The average molecular weight is 301 g/mol. The largest absolute Gasteiger partial charge is 0.482 e. The van der Waals surface area contributed by atoms with E-state index in [2.05, 4.69) is 9.78 Å². The lowest BCUT2D eigenvalue weighted by atomic mass is 10.3. The minimum atomic E-state index is -3.98. The zero-order valence-electron chi connectivity index (χ0n) is 8.82. The van der Waals surface area contributed by atoms with Gasteiger partial charge in [-0.3, -0.25) is 4.89 Å². The number of halogens is 4. The molecule has 0 amide bonds. The molecule has 1 aromatic carbocycles. The predicted octanol–water partition coefficient (Wildman–Crippen LogP) is 2.94. The molecule has 0 saturated carbocycles. The Labute approximate surface area is 111 Å². The van der Waals surface area contributed by atoms with Crippen molar-refractivity contribution in [3.63, 3.8) is 0 Å². The Hall–Kier alpha value is -1.11. The number of hydrogen-bond acceptors (Lipinski definition) is 4. The monoisotopic (exact) mass is 300 g/mol. The molecule has 18 heavy (non-hydrogen) atoms. The van der Waals surface area contributed by atoms with Gasteiger partial charge in [0.15, 0.2) is 6.61 Å². The van der Waals surface area contributed by atoms with Gasteiger partial charge in [0.05, 0.1) is 0 Å². The highest BCUT2D eigenvalue weighted by Crippen LogP contribution is 2.27. The second-order valence-electron chi connectivity index (χ2n) is 3.00. The summed E-state index contributed by atoms with van der Waals surface area (Å²) in [4.78, 5) is 16.2. The van der Waals surface area contributed by atoms with Crippen molar-refractivity contribution in [3.8, 4) is 5.75 Å². The Morgan fingerprint density at radius 3 is 2.44 bits per heavy atom. The van der Waals surface area contributed by atoms with Crippen LogP contribution >= 0.6 is 23.2 Å². The van der Waals surface area contributed by atoms with Crippen molar-refractivity contribution in [2.75, 3.05) is 6.61 Å². The van der Waals surface area contributed by atoms with Crippen molar-refractivity contribution in [3.05, 3.63) is 30.3 Å². The Kier molecular flexibility index (Phi) is 5.58. The van der Waals surface area contributed by atoms with Crippen LogP contribution in [0.2, 0.25) is 0 Å². The first-order valence-corrected chi connectivity index (χ1v) is 5.51. The zero-order chi connectivity index (χ0) is 13.6. The maximum Gasteiger partial charge on any atom is 0.420 e. The molecule has 8 heteroatoms. The third-order valence-electron chi connectivity index (χ3n) is 1.60. The van der Waals surface area contributed by atoms with Crippen molar-refractivity contribution >= 4 is 29.2 Å². The third kappa shape index (κ3) is 5.03. The molecule has 0 atom stereocenters. The van der Waals surface area contributed by atoms with E-state index in [1.54, 1.807) is 30.3 Å². The molecule has 0 aliphatic rings. The molecule has 1 aromatic rings. The lowest BCUT2D eigenvalue weighted by Crippen LogP contribution is -2.31. The minimum Gasteiger partial charge on any atom is -0.482 e. The van der Waals surface area contributed by atoms with Gasteiger partial charge < -0.3 is 4.74 Å². The minimum absolute atomic E-state index is 0.383. The summed E-state index contributed by atoms with van der Waals surface area (Å²) in [6.07, 6.45) is -3.98. The number of hydrogen-bond donors (Lipinski definition) is 0. The highest BCUT2D eigenvalue weighted by atomic mass is 35.5. The fourth-order valence-electron chi connectivity index (χ4n) is 0.821. The molecule has 0 fully saturated rings. The van der Waals surface area contributed by atoms with Crippen LogP contribution in [-0.4, -0.2) is 23.5 Å². The van der Waals surface area contributed by atoms with E-state index in [1.807, 2.05) is 0 Å². The van der Waals surface area contributed by atoms with Crippen LogP contribution in [0, 0.1) is 0 Å². The summed E-state index contributed by atoms with van der Waals surface area (Å²) < 4.78 is 30.3. The molecular formula is C10H8Cl2F2O4. The van der Waals surface area contributed by atoms with E-state index in [4.69, 9.17) is 27.9 Å². The van der Waals surface area contributed by atoms with Gasteiger partial charge in [0.1, 0.15) is 5.75 Å². The van der Waals surface area contributed by atoms with Crippen LogP contribution in [0.4, 0.5) is 8.78 Å². The highest BCUT2D eigenvalue weighted by molar-refractivity contribution is 6.44. The van der Waals surface area contributed by atoms with E-state index < -0.39 is 23.5 Å². The second kappa shape index (κ2) is 6.72. The van der Waals surface area contributed by atoms with Crippen LogP contribution in [0.15, 0.2) is 30.3 Å². The van der Waals surface area contributed by atoms with Gasteiger partial charge in [-0.2, -0.15) is 8.78 Å². The second-order valence-corrected chi connectivity index (χ2v) is 4.10. The van der Waals surface area contributed by atoms with E-state index in [0.29, 0.717) is 5.75 Å². The molecule has 0 bridgehead atoms. The zero-order valence-corrected chi connectivity index (χ0v) is 10.3. The fraction of sp³-hybridized carbons (Fsp3) is 0.300. The topological polar surface area (TPSA) is 44.8 Å². The fourth-order valence-corrected chi connectivity index (χ4v) is 0.894. The summed E-state index contributed by atoms with van der Waals surface area (Å²) in [6.45, 7) is -0.588. The molecule has 0 unspecified atom stereocenters. The summed E-state index contributed by atoms with van der Waals surface area (Å²) >= 11 is 9.79. The average Bonchev–Trinajstić information content (AvgIpc) is 2.35. The summed E-state index contributed by atoms with van der Waals surface area (Å²) in [6, 6.07) is 8.26. The molecule has 0 aliphatic heterocycles. The van der Waals surface area contributed by atoms with Gasteiger partial charge in [-0.05, 0) is 12.1 Å². The first-order chi connectivity index (χ1) is 8.42. The quantitative estimate of drug-likeness (QED) is 0.460. The SMILES string of the molecule is O=C(COc1ccccc1)OOC(F)(F)C(Cl)Cl. The van der Waals surface area contributed by atoms with Gasteiger partial charge in [-0.1, -0.05) is 41.4 Å². The number of rotatable bonds is 6. The van der Waals surface area contributed by atoms with Crippen LogP contribution in [0.3, 0.4) is 0 Å². The predicted molar refractivity (Wildman–Crippen MR) is 59.6 cm³/mol. The van der Waals surface area contributed by atoms with Gasteiger partial charge >= 0.3 is 12.1 Å².